The third-order valence-corrected chi connectivity index (χ3v) is 3.53. The standard InChI is InChI=1S/C12H7Cl4N/c13-7-4-5-8(14)11(6-7)17-10-3-1-2-9(15)12(10)16/h1-6,17H. The molecule has 0 amide bonds. The van der Waals surface area contributed by atoms with E-state index >= 15 is 0 Å². The van der Waals surface area contributed by atoms with Gasteiger partial charge in [0.25, 0.3) is 0 Å². The minimum atomic E-state index is 0.449. The maximum absolute atomic E-state index is 6.06. The Hall–Kier alpha value is -0.600. The van der Waals surface area contributed by atoms with Crippen LogP contribution in [0.25, 0.3) is 0 Å². The number of benzene rings is 2. The summed E-state index contributed by atoms with van der Waals surface area (Å²) in [5.41, 5.74) is 1.37. The summed E-state index contributed by atoms with van der Waals surface area (Å²) in [6.45, 7) is 0. The molecular weight excluding hydrogens is 300 g/mol. The SMILES string of the molecule is Clc1ccc(Cl)c(Nc2cccc(Cl)c2Cl)c1. The lowest BCUT2D eigenvalue weighted by Gasteiger charge is -2.11. The predicted octanol–water partition coefficient (Wildman–Crippen LogP) is 6.04. The van der Waals surface area contributed by atoms with E-state index in [1.165, 1.54) is 0 Å². The molecule has 1 N–H and O–H groups in total. The fourth-order valence-electron chi connectivity index (χ4n) is 1.34. The highest BCUT2D eigenvalue weighted by molar-refractivity contribution is 6.44. The zero-order chi connectivity index (χ0) is 12.4. The largest absolute Gasteiger partial charge is 0.353 e. The molecule has 0 aliphatic carbocycles. The molecule has 0 atom stereocenters. The van der Waals surface area contributed by atoms with Crippen LogP contribution in [0.2, 0.25) is 20.1 Å². The third kappa shape index (κ3) is 2.99. The molecule has 0 heterocycles. The van der Waals surface area contributed by atoms with Gasteiger partial charge in [0.2, 0.25) is 0 Å². The molecular formula is C12H7Cl4N. The van der Waals surface area contributed by atoms with Crippen molar-refractivity contribution in [1.29, 1.82) is 0 Å². The van der Waals surface area contributed by atoms with Crippen molar-refractivity contribution in [2.24, 2.45) is 0 Å². The van der Waals surface area contributed by atoms with Crippen LogP contribution in [0.5, 0.6) is 0 Å². The first-order valence-electron chi connectivity index (χ1n) is 4.74. The third-order valence-electron chi connectivity index (χ3n) is 2.15. The van der Waals surface area contributed by atoms with Crippen LogP contribution in [0, 0.1) is 0 Å². The molecule has 0 aromatic heterocycles. The monoisotopic (exact) mass is 305 g/mol. The van der Waals surface area contributed by atoms with Gasteiger partial charge in [-0.25, -0.2) is 0 Å². The van der Waals surface area contributed by atoms with Crippen molar-refractivity contribution in [3.05, 3.63) is 56.5 Å². The normalized spacial score (nSPS) is 10.4. The Morgan fingerprint density at radius 1 is 0.765 bits per heavy atom. The molecule has 0 bridgehead atoms. The van der Waals surface area contributed by atoms with Gasteiger partial charge >= 0.3 is 0 Å². The van der Waals surface area contributed by atoms with Crippen LogP contribution in [0.15, 0.2) is 36.4 Å². The highest BCUT2D eigenvalue weighted by atomic mass is 35.5. The summed E-state index contributed by atoms with van der Waals surface area (Å²) in [4.78, 5) is 0. The van der Waals surface area contributed by atoms with Crippen LogP contribution < -0.4 is 5.32 Å². The minimum absolute atomic E-state index is 0.449. The average molecular weight is 307 g/mol. The lowest BCUT2D eigenvalue weighted by molar-refractivity contribution is 1.55. The molecule has 5 heteroatoms. The Labute approximate surface area is 119 Å². The quantitative estimate of drug-likeness (QED) is 0.712. The number of rotatable bonds is 2. The van der Waals surface area contributed by atoms with E-state index in [4.69, 9.17) is 46.4 Å². The number of nitrogens with one attached hydrogen (secondary N) is 1. The number of halogens is 4. The van der Waals surface area contributed by atoms with Gasteiger partial charge in [0.15, 0.2) is 0 Å². The van der Waals surface area contributed by atoms with Gasteiger partial charge in [-0.2, -0.15) is 0 Å². The van der Waals surface area contributed by atoms with E-state index < -0.39 is 0 Å². The Balaban J connectivity index is 2.38. The first kappa shape index (κ1) is 12.8. The predicted molar refractivity (Wildman–Crippen MR) is 76.2 cm³/mol. The second-order valence-electron chi connectivity index (χ2n) is 3.35. The molecule has 0 aliphatic rings. The summed E-state index contributed by atoms with van der Waals surface area (Å²) in [6, 6.07) is 10.5. The zero-order valence-corrected chi connectivity index (χ0v) is 11.5. The number of hydrogen-bond donors (Lipinski definition) is 1. The van der Waals surface area contributed by atoms with Crippen molar-refractivity contribution in [3.8, 4) is 0 Å². The van der Waals surface area contributed by atoms with Gasteiger partial charge in [0.05, 0.1) is 26.4 Å². The molecule has 0 saturated heterocycles. The Kier molecular flexibility index (Phi) is 4.05. The highest BCUT2D eigenvalue weighted by Gasteiger charge is 2.07. The van der Waals surface area contributed by atoms with Gasteiger partial charge < -0.3 is 5.32 Å². The smallest absolute Gasteiger partial charge is 0.0827 e. The summed E-state index contributed by atoms with van der Waals surface area (Å²) in [7, 11) is 0. The van der Waals surface area contributed by atoms with Crippen molar-refractivity contribution in [1.82, 2.24) is 0 Å². The van der Waals surface area contributed by atoms with Crippen LogP contribution in [0.3, 0.4) is 0 Å². The summed E-state index contributed by atoms with van der Waals surface area (Å²) >= 11 is 23.9. The molecule has 0 spiro atoms. The van der Waals surface area contributed by atoms with E-state index in [2.05, 4.69) is 5.32 Å². The van der Waals surface area contributed by atoms with Gasteiger partial charge in [-0.1, -0.05) is 52.5 Å². The molecule has 88 valence electrons. The van der Waals surface area contributed by atoms with E-state index in [0.29, 0.717) is 31.5 Å². The van der Waals surface area contributed by atoms with Crippen molar-refractivity contribution in [2.75, 3.05) is 5.32 Å². The van der Waals surface area contributed by atoms with Gasteiger partial charge in [0, 0.05) is 5.02 Å². The van der Waals surface area contributed by atoms with Gasteiger partial charge in [-0.3, -0.25) is 0 Å². The van der Waals surface area contributed by atoms with Crippen molar-refractivity contribution in [2.45, 2.75) is 0 Å². The summed E-state index contributed by atoms with van der Waals surface area (Å²) < 4.78 is 0. The van der Waals surface area contributed by atoms with E-state index in [9.17, 15) is 0 Å². The lowest BCUT2D eigenvalue weighted by atomic mass is 10.2. The molecule has 2 aromatic carbocycles. The molecule has 0 saturated carbocycles. The topological polar surface area (TPSA) is 12.0 Å². The maximum atomic E-state index is 6.06. The lowest BCUT2D eigenvalue weighted by Crippen LogP contribution is -1.92. The average Bonchev–Trinajstić information content (AvgIpc) is 2.30. The first-order chi connectivity index (χ1) is 8.08. The zero-order valence-electron chi connectivity index (χ0n) is 8.48. The maximum Gasteiger partial charge on any atom is 0.0827 e. The van der Waals surface area contributed by atoms with Crippen LogP contribution in [0.1, 0.15) is 0 Å². The van der Waals surface area contributed by atoms with E-state index in [1.54, 1.807) is 30.3 Å². The summed E-state index contributed by atoms with van der Waals surface area (Å²) in [6.07, 6.45) is 0. The fraction of sp³-hybridized carbons (Fsp3) is 0. The molecule has 0 radical (unpaired) electrons. The number of anilines is 2. The van der Waals surface area contributed by atoms with Gasteiger partial charge in [0.1, 0.15) is 0 Å². The Morgan fingerprint density at radius 3 is 2.29 bits per heavy atom. The fourth-order valence-corrected chi connectivity index (χ4v) is 2.02. The second kappa shape index (κ2) is 5.36. The van der Waals surface area contributed by atoms with Crippen molar-refractivity contribution < 1.29 is 0 Å². The molecule has 0 fully saturated rings. The molecule has 0 aliphatic heterocycles. The molecule has 17 heavy (non-hydrogen) atoms. The van der Waals surface area contributed by atoms with Crippen molar-refractivity contribution >= 4 is 57.8 Å². The van der Waals surface area contributed by atoms with E-state index in [1.807, 2.05) is 6.07 Å². The second-order valence-corrected chi connectivity index (χ2v) is 4.98. The van der Waals surface area contributed by atoms with E-state index in [0.717, 1.165) is 0 Å². The summed E-state index contributed by atoms with van der Waals surface area (Å²) in [5, 5.41) is 5.17. The van der Waals surface area contributed by atoms with Crippen LogP contribution >= 0.6 is 46.4 Å². The van der Waals surface area contributed by atoms with Crippen molar-refractivity contribution in [3.63, 3.8) is 0 Å². The Morgan fingerprint density at radius 2 is 1.53 bits per heavy atom. The molecule has 0 unspecified atom stereocenters. The first-order valence-corrected chi connectivity index (χ1v) is 6.25. The summed E-state index contributed by atoms with van der Waals surface area (Å²) in [5.74, 6) is 0. The van der Waals surface area contributed by atoms with Crippen LogP contribution in [-0.4, -0.2) is 0 Å². The number of hydrogen-bond acceptors (Lipinski definition) is 1. The van der Waals surface area contributed by atoms with E-state index in [-0.39, 0.29) is 0 Å². The van der Waals surface area contributed by atoms with Gasteiger partial charge in [-0.05, 0) is 30.3 Å². The minimum Gasteiger partial charge on any atom is -0.353 e. The molecule has 1 nitrogen and oxygen atoms in total. The van der Waals surface area contributed by atoms with Gasteiger partial charge in [-0.15, -0.1) is 0 Å². The highest BCUT2D eigenvalue weighted by Crippen LogP contribution is 2.34. The van der Waals surface area contributed by atoms with Crippen LogP contribution in [0.4, 0.5) is 11.4 Å². The van der Waals surface area contributed by atoms with Crippen LogP contribution in [-0.2, 0) is 0 Å². The Bertz CT molecular complexity index is 554. The molecule has 2 aromatic rings. The molecule has 2 rings (SSSR count).